The van der Waals surface area contributed by atoms with Gasteiger partial charge in [0, 0.05) is 6.61 Å². The second-order valence-electron chi connectivity index (χ2n) is 8.54. The van der Waals surface area contributed by atoms with E-state index < -0.39 is 17.9 Å². The van der Waals surface area contributed by atoms with E-state index in [2.05, 4.69) is 41.5 Å². The van der Waals surface area contributed by atoms with Crippen molar-refractivity contribution in [3.05, 3.63) is 0 Å². The third kappa shape index (κ3) is 11.1. The van der Waals surface area contributed by atoms with E-state index in [9.17, 15) is 9.90 Å². The van der Waals surface area contributed by atoms with Crippen LogP contribution < -0.4 is 0 Å². The highest BCUT2D eigenvalue weighted by atomic mass is 16.7. The largest absolute Gasteiger partial charge is 0.477 e. The van der Waals surface area contributed by atoms with E-state index >= 15 is 0 Å². The predicted octanol–water partition coefficient (Wildman–Crippen LogP) is 5.80. The third-order valence-electron chi connectivity index (χ3n) is 4.56. The number of hydrogen-bond donors (Lipinski definition) is 1. The number of unbranched alkanes of at least 4 members (excludes halogenated alkanes) is 3. The molecule has 0 fully saturated rings. The Hall–Kier alpha value is -0.650. The summed E-state index contributed by atoms with van der Waals surface area (Å²) < 4.78 is 17.9. The van der Waals surface area contributed by atoms with Crippen LogP contribution in [0.25, 0.3) is 0 Å². The van der Waals surface area contributed by atoms with Crippen molar-refractivity contribution >= 4 is 5.97 Å². The van der Waals surface area contributed by atoms with Crippen molar-refractivity contribution in [2.24, 2.45) is 5.41 Å². The average molecular weight is 389 g/mol. The number of rotatable bonds is 17. The maximum absolute atomic E-state index is 12.3. The molecule has 162 valence electrons. The number of carboxylic acid groups (broad SMARTS) is 1. The van der Waals surface area contributed by atoms with Gasteiger partial charge >= 0.3 is 5.97 Å². The zero-order valence-electron chi connectivity index (χ0n) is 18.6. The molecule has 1 atom stereocenters. The Labute approximate surface area is 167 Å². The highest BCUT2D eigenvalue weighted by Crippen LogP contribution is 2.30. The van der Waals surface area contributed by atoms with E-state index in [0.717, 1.165) is 51.4 Å². The number of carbonyl (C=O) groups is 1. The molecule has 0 saturated heterocycles. The quantitative estimate of drug-likeness (QED) is 0.252. The van der Waals surface area contributed by atoms with Crippen LogP contribution in [0.2, 0.25) is 0 Å². The van der Waals surface area contributed by atoms with Gasteiger partial charge in [-0.15, -0.1) is 0 Å². The van der Waals surface area contributed by atoms with Gasteiger partial charge < -0.3 is 19.3 Å². The van der Waals surface area contributed by atoms with Gasteiger partial charge in [-0.1, -0.05) is 67.2 Å². The van der Waals surface area contributed by atoms with Crippen molar-refractivity contribution < 1.29 is 24.1 Å². The van der Waals surface area contributed by atoms with Crippen LogP contribution in [0.5, 0.6) is 0 Å². The van der Waals surface area contributed by atoms with Crippen LogP contribution >= 0.6 is 0 Å². The summed E-state index contributed by atoms with van der Waals surface area (Å²) in [5.74, 6) is -2.79. The van der Waals surface area contributed by atoms with E-state index in [1.165, 1.54) is 0 Å². The predicted molar refractivity (Wildman–Crippen MR) is 110 cm³/mol. The molecule has 1 N–H and O–H groups in total. The Morgan fingerprint density at radius 2 is 1.33 bits per heavy atom. The lowest BCUT2D eigenvalue weighted by Crippen LogP contribution is -2.55. The Morgan fingerprint density at radius 1 is 0.852 bits per heavy atom. The standard InChI is InChI=1S/C22H44O5/c1-7-10-16-25-19(14-13-15-21(4,5)6)22(20(23)24,26-17-11-8-2)27-18-12-9-3/h19H,7-18H2,1-6H3,(H,23,24). The molecule has 0 aliphatic carbocycles. The summed E-state index contributed by atoms with van der Waals surface area (Å²) in [6.45, 7) is 14.0. The van der Waals surface area contributed by atoms with Crippen molar-refractivity contribution in [2.45, 2.75) is 111 Å². The topological polar surface area (TPSA) is 65.0 Å². The third-order valence-corrected chi connectivity index (χ3v) is 4.56. The molecule has 0 rings (SSSR count). The van der Waals surface area contributed by atoms with E-state index in [0.29, 0.717) is 26.2 Å². The lowest BCUT2D eigenvalue weighted by Gasteiger charge is -2.37. The van der Waals surface area contributed by atoms with Crippen LogP contribution in [0.15, 0.2) is 0 Å². The fraction of sp³-hybridized carbons (Fsp3) is 0.955. The molecule has 1 unspecified atom stereocenters. The Morgan fingerprint density at radius 3 is 1.74 bits per heavy atom. The maximum atomic E-state index is 12.3. The fourth-order valence-electron chi connectivity index (χ4n) is 2.80. The second kappa shape index (κ2) is 14.4. The molecule has 0 heterocycles. The zero-order valence-corrected chi connectivity index (χ0v) is 18.6. The Bertz CT molecular complexity index is 365. The van der Waals surface area contributed by atoms with E-state index in [4.69, 9.17) is 14.2 Å². The minimum Gasteiger partial charge on any atom is -0.477 e. The van der Waals surface area contributed by atoms with Crippen LogP contribution in [-0.2, 0) is 19.0 Å². The normalized spacial score (nSPS) is 13.7. The van der Waals surface area contributed by atoms with Gasteiger partial charge in [0.1, 0.15) is 6.10 Å². The molecular formula is C22H44O5. The summed E-state index contributed by atoms with van der Waals surface area (Å²) in [6.07, 6.45) is 7.28. The maximum Gasteiger partial charge on any atom is 0.367 e. The average Bonchev–Trinajstić information content (AvgIpc) is 2.58. The smallest absolute Gasteiger partial charge is 0.367 e. The van der Waals surface area contributed by atoms with Gasteiger partial charge in [-0.3, -0.25) is 0 Å². The highest BCUT2D eigenvalue weighted by Gasteiger charge is 2.49. The molecule has 5 heteroatoms. The molecular weight excluding hydrogens is 344 g/mol. The van der Waals surface area contributed by atoms with Gasteiger partial charge in [-0.2, -0.15) is 0 Å². The van der Waals surface area contributed by atoms with Gasteiger partial charge in [-0.25, -0.2) is 4.79 Å². The molecule has 0 spiro atoms. The van der Waals surface area contributed by atoms with Gasteiger partial charge in [-0.05, 0) is 37.5 Å². The molecule has 0 bridgehead atoms. The first-order valence-corrected chi connectivity index (χ1v) is 10.9. The molecule has 0 aliphatic heterocycles. The van der Waals surface area contributed by atoms with Crippen LogP contribution in [0.1, 0.15) is 99.3 Å². The second-order valence-corrected chi connectivity index (χ2v) is 8.54. The van der Waals surface area contributed by atoms with E-state index in [1.807, 2.05) is 0 Å². The van der Waals surface area contributed by atoms with Crippen molar-refractivity contribution in [1.82, 2.24) is 0 Å². The van der Waals surface area contributed by atoms with Gasteiger partial charge in [0.25, 0.3) is 5.79 Å². The molecule has 0 aliphatic rings. The van der Waals surface area contributed by atoms with Gasteiger partial charge in [0.2, 0.25) is 0 Å². The van der Waals surface area contributed by atoms with E-state index in [1.54, 1.807) is 0 Å². The van der Waals surface area contributed by atoms with Crippen LogP contribution in [0, 0.1) is 5.41 Å². The molecule has 27 heavy (non-hydrogen) atoms. The first-order chi connectivity index (χ1) is 12.7. The lowest BCUT2D eigenvalue weighted by molar-refractivity contribution is -0.288. The minimum atomic E-state index is -1.71. The lowest BCUT2D eigenvalue weighted by atomic mass is 9.88. The molecule has 0 aromatic heterocycles. The monoisotopic (exact) mass is 388 g/mol. The fourth-order valence-corrected chi connectivity index (χ4v) is 2.80. The van der Waals surface area contributed by atoms with Crippen LogP contribution in [0.4, 0.5) is 0 Å². The molecule has 5 nitrogen and oxygen atoms in total. The summed E-state index contributed by atoms with van der Waals surface area (Å²) in [4.78, 5) is 12.3. The first-order valence-electron chi connectivity index (χ1n) is 10.9. The molecule has 0 aromatic rings. The number of aliphatic carboxylic acids is 1. The van der Waals surface area contributed by atoms with Crippen LogP contribution in [-0.4, -0.2) is 42.8 Å². The molecule has 0 aromatic carbocycles. The summed E-state index contributed by atoms with van der Waals surface area (Å²) in [6, 6.07) is 0. The minimum absolute atomic E-state index is 0.200. The Kier molecular flexibility index (Phi) is 14.0. The van der Waals surface area contributed by atoms with Crippen LogP contribution in [0.3, 0.4) is 0 Å². The first kappa shape index (κ1) is 26.4. The van der Waals surface area contributed by atoms with Crippen molar-refractivity contribution in [1.29, 1.82) is 0 Å². The van der Waals surface area contributed by atoms with Gasteiger partial charge in [0.05, 0.1) is 13.2 Å². The Balaban J connectivity index is 5.40. The number of ether oxygens (including phenoxy) is 3. The number of hydrogen-bond acceptors (Lipinski definition) is 4. The van der Waals surface area contributed by atoms with Crippen molar-refractivity contribution in [2.75, 3.05) is 19.8 Å². The molecule has 0 saturated carbocycles. The number of carboxylic acids is 1. The summed E-state index contributed by atoms with van der Waals surface area (Å²) in [7, 11) is 0. The highest BCUT2D eigenvalue weighted by molar-refractivity contribution is 5.76. The zero-order chi connectivity index (χ0) is 20.8. The molecule has 0 amide bonds. The molecule has 0 radical (unpaired) electrons. The van der Waals surface area contributed by atoms with E-state index in [-0.39, 0.29) is 5.41 Å². The summed E-state index contributed by atoms with van der Waals surface area (Å²) in [5.41, 5.74) is 0.200. The summed E-state index contributed by atoms with van der Waals surface area (Å²) in [5, 5.41) is 10.1. The van der Waals surface area contributed by atoms with Crippen molar-refractivity contribution in [3.63, 3.8) is 0 Å². The SMILES string of the molecule is CCCCOC(CCCC(C)(C)C)C(OCCCC)(OCCCC)C(=O)O. The van der Waals surface area contributed by atoms with Crippen molar-refractivity contribution in [3.8, 4) is 0 Å². The summed E-state index contributed by atoms with van der Waals surface area (Å²) >= 11 is 0. The van der Waals surface area contributed by atoms with Gasteiger partial charge in [0.15, 0.2) is 0 Å².